The van der Waals surface area contributed by atoms with E-state index in [9.17, 15) is 4.79 Å². The highest BCUT2D eigenvalue weighted by molar-refractivity contribution is 6.34. The molecule has 8 aromatic rings. The van der Waals surface area contributed by atoms with Gasteiger partial charge in [-0.3, -0.25) is 9.20 Å². The van der Waals surface area contributed by atoms with Crippen molar-refractivity contribution < 1.29 is 0 Å². The molecule has 0 N–H and O–H groups in total. The molecule has 6 aromatic carbocycles. The third-order valence-electron chi connectivity index (χ3n) is 6.86. The van der Waals surface area contributed by atoms with Gasteiger partial charge in [0, 0.05) is 21.5 Å². The number of hydrogen-bond donors (Lipinski definition) is 0. The fourth-order valence-electron chi connectivity index (χ4n) is 5.64. The lowest BCUT2D eigenvalue weighted by atomic mass is 10.0. The van der Waals surface area contributed by atoms with E-state index in [1.165, 1.54) is 26.9 Å². The molecular formula is C28H14N2O. The van der Waals surface area contributed by atoms with Gasteiger partial charge in [0.15, 0.2) is 0 Å². The van der Waals surface area contributed by atoms with E-state index >= 15 is 0 Å². The molecule has 0 bridgehead atoms. The van der Waals surface area contributed by atoms with Gasteiger partial charge in [-0.25, -0.2) is 4.98 Å². The topological polar surface area (TPSA) is 34.4 Å². The second-order valence-corrected chi connectivity index (χ2v) is 8.35. The van der Waals surface area contributed by atoms with Crippen LogP contribution in [-0.4, -0.2) is 9.38 Å². The Balaban J connectivity index is 1.76. The highest BCUT2D eigenvalue weighted by Gasteiger charge is 2.20. The highest BCUT2D eigenvalue weighted by atomic mass is 16.1. The summed E-state index contributed by atoms with van der Waals surface area (Å²) in [5.74, 6) is 0. The molecule has 2 aromatic heterocycles. The summed E-state index contributed by atoms with van der Waals surface area (Å²) in [5.41, 5.74) is 2.50. The zero-order valence-corrected chi connectivity index (χ0v) is 16.4. The summed E-state index contributed by atoms with van der Waals surface area (Å²) in [6, 6.07) is 29.2. The van der Waals surface area contributed by atoms with Crippen molar-refractivity contribution in [1.29, 1.82) is 0 Å². The molecule has 2 heterocycles. The van der Waals surface area contributed by atoms with Crippen molar-refractivity contribution in [3.8, 4) is 0 Å². The van der Waals surface area contributed by atoms with Crippen molar-refractivity contribution >= 4 is 70.5 Å². The molecule has 3 nitrogen and oxygen atoms in total. The Morgan fingerprint density at radius 2 is 1.23 bits per heavy atom. The van der Waals surface area contributed by atoms with Crippen LogP contribution in [0.15, 0.2) is 89.7 Å². The van der Waals surface area contributed by atoms with Gasteiger partial charge in [-0.2, -0.15) is 0 Å². The minimum absolute atomic E-state index is 0.00184. The molecule has 31 heavy (non-hydrogen) atoms. The van der Waals surface area contributed by atoms with E-state index in [0.29, 0.717) is 0 Å². The van der Waals surface area contributed by atoms with Gasteiger partial charge in [0.25, 0.3) is 5.56 Å². The fraction of sp³-hybridized carbons (Fsp3) is 0. The monoisotopic (exact) mass is 394 g/mol. The molecule has 0 radical (unpaired) electrons. The zero-order chi connectivity index (χ0) is 20.3. The molecule has 0 fully saturated rings. The molecular weight excluding hydrogens is 380 g/mol. The Hall–Kier alpha value is -4.24. The van der Waals surface area contributed by atoms with Crippen LogP contribution in [0.2, 0.25) is 0 Å². The predicted octanol–water partition coefficient (Wildman–Crippen LogP) is 6.49. The van der Waals surface area contributed by atoms with E-state index in [1.54, 1.807) is 0 Å². The number of hydrogen-bond acceptors (Lipinski definition) is 2. The van der Waals surface area contributed by atoms with Crippen LogP contribution in [0, 0.1) is 0 Å². The van der Waals surface area contributed by atoms with Crippen molar-refractivity contribution in [3.63, 3.8) is 0 Å². The third kappa shape index (κ3) is 1.69. The Bertz CT molecular complexity index is 2060. The van der Waals surface area contributed by atoms with Gasteiger partial charge < -0.3 is 0 Å². The van der Waals surface area contributed by atoms with Gasteiger partial charge in [0.1, 0.15) is 5.65 Å². The summed E-state index contributed by atoms with van der Waals surface area (Å²) >= 11 is 0. The van der Waals surface area contributed by atoms with Crippen LogP contribution in [0.5, 0.6) is 0 Å². The Labute approximate surface area is 175 Å². The SMILES string of the molecule is O=c1c2cccc3cccc(c32)c2nc3cc4c5ccccc5c5cccc(c54)c3n12. The molecule has 3 heteroatoms. The number of fused-ring (bicyclic) bond motifs is 8. The smallest absolute Gasteiger partial charge is 0.264 e. The summed E-state index contributed by atoms with van der Waals surface area (Å²) in [4.78, 5) is 18.8. The lowest BCUT2D eigenvalue weighted by molar-refractivity contribution is 1.19. The van der Waals surface area contributed by atoms with Crippen molar-refractivity contribution in [2.24, 2.45) is 0 Å². The van der Waals surface area contributed by atoms with Crippen molar-refractivity contribution in [1.82, 2.24) is 9.38 Å². The maximum absolute atomic E-state index is 13.7. The lowest BCUT2D eigenvalue weighted by Gasteiger charge is -2.07. The van der Waals surface area contributed by atoms with Gasteiger partial charge in [-0.05, 0) is 44.5 Å². The third-order valence-corrected chi connectivity index (χ3v) is 6.86. The number of nitrogens with zero attached hydrogens (tertiary/aromatic N) is 2. The maximum Gasteiger partial charge on any atom is 0.264 e. The van der Waals surface area contributed by atoms with Crippen molar-refractivity contribution in [2.45, 2.75) is 0 Å². The minimum Gasteiger partial charge on any atom is -0.268 e. The van der Waals surface area contributed by atoms with Gasteiger partial charge in [0.2, 0.25) is 0 Å². The van der Waals surface area contributed by atoms with Gasteiger partial charge >= 0.3 is 0 Å². The van der Waals surface area contributed by atoms with E-state index in [2.05, 4.69) is 66.7 Å². The molecule has 142 valence electrons. The first kappa shape index (κ1) is 15.6. The van der Waals surface area contributed by atoms with Crippen molar-refractivity contribution in [3.05, 3.63) is 95.3 Å². The number of benzene rings is 5. The lowest BCUT2D eigenvalue weighted by Crippen LogP contribution is -2.13. The van der Waals surface area contributed by atoms with E-state index in [1.807, 2.05) is 22.6 Å². The van der Waals surface area contributed by atoms with Gasteiger partial charge in [0.05, 0.1) is 11.0 Å². The molecule has 0 aliphatic rings. The van der Waals surface area contributed by atoms with Crippen LogP contribution < -0.4 is 5.56 Å². The zero-order valence-electron chi connectivity index (χ0n) is 16.4. The molecule has 0 saturated heterocycles. The molecule has 0 amide bonds. The van der Waals surface area contributed by atoms with E-state index in [0.717, 1.165) is 43.6 Å². The molecule has 0 atom stereocenters. The number of aromatic nitrogens is 2. The Morgan fingerprint density at radius 3 is 2.06 bits per heavy atom. The summed E-state index contributed by atoms with van der Waals surface area (Å²) < 4.78 is 1.83. The quantitative estimate of drug-likeness (QED) is 0.295. The molecule has 0 saturated carbocycles. The second kappa shape index (κ2) is 5.08. The molecule has 0 unspecified atom stereocenters. The largest absolute Gasteiger partial charge is 0.268 e. The first-order valence-electron chi connectivity index (χ1n) is 10.5. The predicted molar refractivity (Wildman–Crippen MR) is 129 cm³/mol. The summed E-state index contributed by atoms with van der Waals surface area (Å²) in [7, 11) is 0. The minimum atomic E-state index is -0.00184. The fourth-order valence-corrected chi connectivity index (χ4v) is 5.64. The number of imidazole rings is 1. The van der Waals surface area contributed by atoms with Crippen LogP contribution in [-0.2, 0) is 0 Å². The first-order chi connectivity index (χ1) is 15.3. The highest BCUT2D eigenvalue weighted by Crippen LogP contribution is 2.42. The van der Waals surface area contributed by atoms with Crippen LogP contribution in [0.25, 0.3) is 70.5 Å². The maximum atomic E-state index is 13.7. The summed E-state index contributed by atoms with van der Waals surface area (Å²) in [6.45, 7) is 0. The van der Waals surface area contributed by atoms with Crippen LogP contribution in [0.4, 0.5) is 0 Å². The van der Waals surface area contributed by atoms with Crippen LogP contribution >= 0.6 is 0 Å². The van der Waals surface area contributed by atoms with E-state index in [4.69, 9.17) is 4.98 Å². The molecule has 8 rings (SSSR count). The normalized spacial score (nSPS) is 12.6. The molecule has 0 aliphatic carbocycles. The summed E-state index contributed by atoms with van der Waals surface area (Å²) in [5, 5.41) is 11.0. The second-order valence-electron chi connectivity index (χ2n) is 8.35. The Kier molecular flexibility index (Phi) is 2.55. The van der Waals surface area contributed by atoms with Crippen LogP contribution in [0.1, 0.15) is 0 Å². The average Bonchev–Trinajstić information content (AvgIpc) is 3.36. The van der Waals surface area contributed by atoms with Gasteiger partial charge in [-0.15, -0.1) is 0 Å². The van der Waals surface area contributed by atoms with Crippen molar-refractivity contribution in [2.75, 3.05) is 0 Å². The number of rotatable bonds is 0. The van der Waals surface area contributed by atoms with Crippen LogP contribution in [0.3, 0.4) is 0 Å². The standard InChI is InChI=1S/C28H14N2O/c31-28-21-13-4-7-15-6-3-12-20(24(15)21)27-29-23-14-22-17-9-2-1-8-16(17)18-10-5-11-19(25(18)22)26(23)30(27)28/h1-14H. The van der Waals surface area contributed by atoms with Gasteiger partial charge in [-0.1, -0.05) is 72.8 Å². The molecule has 0 aliphatic heterocycles. The van der Waals surface area contributed by atoms with E-state index in [-0.39, 0.29) is 5.56 Å². The number of pyridine rings is 1. The first-order valence-corrected chi connectivity index (χ1v) is 10.5. The summed E-state index contributed by atoms with van der Waals surface area (Å²) in [6.07, 6.45) is 0. The van der Waals surface area contributed by atoms with E-state index < -0.39 is 0 Å². The average molecular weight is 394 g/mol. The molecule has 0 spiro atoms. The Morgan fingerprint density at radius 1 is 0.581 bits per heavy atom.